The number of hydrogen-bond donors (Lipinski definition) is 0. The number of piperidine rings is 1. The first-order valence-corrected chi connectivity index (χ1v) is 8.61. The molecule has 0 amide bonds. The summed E-state index contributed by atoms with van der Waals surface area (Å²) >= 11 is 0. The summed E-state index contributed by atoms with van der Waals surface area (Å²) in [5.74, 6) is -0.166. The summed E-state index contributed by atoms with van der Waals surface area (Å²) in [4.78, 5) is 15.4. The van der Waals surface area contributed by atoms with Gasteiger partial charge in [0.05, 0.1) is 0 Å². The lowest BCUT2D eigenvalue weighted by atomic mass is 9.76. The van der Waals surface area contributed by atoms with Crippen LogP contribution in [0.2, 0.25) is 0 Å². The summed E-state index contributed by atoms with van der Waals surface area (Å²) in [5, 5.41) is 0. The molecule has 1 atom stereocenters. The molecule has 1 aliphatic rings. The minimum atomic E-state index is -0.793. The van der Waals surface area contributed by atoms with E-state index in [1.54, 1.807) is 0 Å². The van der Waals surface area contributed by atoms with Crippen molar-refractivity contribution in [1.29, 1.82) is 0 Å². The monoisotopic (exact) mass is 323 g/mol. The second kappa shape index (κ2) is 7.18. The van der Waals surface area contributed by atoms with Gasteiger partial charge in [0.15, 0.2) is 0 Å². The molecule has 1 heterocycles. The Bertz CT molecular complexity index is 629. The number of rotatable bonds is 4. The molecule has 2 aromatic carbocycles. The van der Waals surface area contributed by atoms with Crippen molar-refractivity contribution in [1.82, 2.24) is 4.90 Å². The Morgan fingerprint density at radius 3 is 2.08 bits per heavy atom. The highest BCUT2D eigenvalue weighted by molar-refractivity contribution is 5.87. The van der Waals surface area contributed by atoms with Crippen molar-refractivity contribution in [3.63, 3.8) is 0 Å². The summed E-state index contributed by atoms with van der Waals surface area (Å²) in [6.45, 7) is 3.85. The van der Waals surface area contributed by atoms with Crippen LogP contribution in [0.1, 0.15) is 30.9 Å². The average molecular weight is 323 g/mol. The van der Waals surface area contributed by atoms with Gasteiger partial charge in [-0.1, -0.05) is 60.7 Å². The van der Waals surface area contributed by atoms with Gasteiger partial charge in [0.25, 0.3) is 0 Å². The minimum Gasteiger partial charge on any atom is -0.460 e. The van der Waals surface area contributed by atoms with Gasteiger partial charge in [-0.2, -0.15) is 0 Å². The summed E-state index contributed by atoms with van der Waals surface area (Å²) in [5.41, 5.74) is 1.13. The van der Waals surface area contributed by atoms with Crippen LogP contribution in [0.25, 0.3) is 0 Å². The van der Waals surface area contributed by atoms with Gasteiger partial charge in [-0.05, 0) is 44.5 Å². The highest BCUT2D eigenvalue weighted by atomic mass is 16.5. The standard InChI is InChI=1S/C21H25NO2/c1-21(17-10-5-3-6-11-17,18-12-7-4-8-13-18)20(23)24-19-14-9-15-22(2)16-19/h3-8,10-13,19H,9,14-16H2,1-2H3/t19-/m0/s1. The molecular formula is C21H25NO2. The van der Waals surface area contributed by atoms with Gasteiger partial charge < -0.3 is 9.64 Å². The van der Waals surface area contributed by atoms with Crippen molar-refractivity contribution in [2.75, 3.05) is 20.1 Å². The molecule has 126 valence electrons. The Labute approximate surface area is 144 Å². The number of ether oxygens (including phenoxy) is 1. The Balaban J connectivity index is 1.91. The zero-order valence-corrected chi connectivity index (χ0v) is 14.4. The topological polar surface area (TPSA) is 29.5 Å². The molecule has 1 aliphatic heterocycles. The second-order valence-electron chi connectivity index (χ2n) is 6.79. The van der Waals surface area contributed by atoms with Gasteiger partial charge in [0, 0.05) is 6.54 Å². The zero-order valence-electron chi connectivity index (χ0n) is 14.4. The van der Waals surface area contributed by atoms with Crippen LogP contribution < -0.4 is 0 Å². The number of likely N-dealkylation sites (tertiary alicyclic amines) is 1. The van der Waals surface area contributed by atoms with E-state index in [0.29, 0.717) is 0 Å². The van der Waals surface area contributed by atoms with Crippen LogP contribution in [0, 0.1) is 0 Å². The molecule has 24 heavy (non-hydrogen) atoms. The van der Waals surface area contributed by atoms with E-state index in [4.69, 9.17) is 4.74 Å². The summed E-state index contributed by atoms with van der Waals surface area (Å²) in [6, 6.07) is 19.8. The largest absolute Gasteiger partial charge is 0.460 e. The predicted molar refractivity (Wildman–Crippen MR) is 95.9 cm³/mol. The Hall–Kier alpha value is -2.13. The molecule has 1 fully saturated rings. The van der Waals surface area contributed by atoms with Gasteiger partial charge in [-0.15, -0.1) is 0 Å². The first kappa shape index (κ1) is 16.7. The van der Waals surface area contributed by atoms with E-state index < -0.39 is 5.41 Å². The highest BCUT2D eigenvalue weighted by Gasteiger charge is 2.40. The third-order valence-corrected chi connectivity index (χ3v) is 4.97. The summed E-state index contributed by atoms with van der Waals surface area (Å²) < 4.78 is 5.96. The summed E-state index contributed by atoms with van der Waals surface area (Å²) in [6.07, 6.45) is 1.99. The van der Waals surface area contributed by atoms with Crippen molar-refractivity contribution in [2.45, 2.75) is 31.3 Å². The fourth-order valence-electron chi connectivity index (χ4n) is 3.43. The normalized spacial score (nSPS) is 19.0. The smallest absolute Gasteiger partial charge is 0.321 e. The van der Waals surface area contributed by atoms with Crippen molar-refractivity contribution >= 4 is 5.97 Å². The SMILES string of the molecule is CN1CCC[C@H](OC(=O)C(C)(c2ccccc2)c2ccccc2)C1. The molecule has 0 radical (unpaired) electrons. The lowest BCUT2D eigenvalue weighted by Crippen LogP contribution is -2.43. The van der Waals surface area contributed by atoms with Crippen LogP contribution in [-0.4, -0.2) is 37.1 Å². The molecule has 3 rings (SSSR count). The lowest BCUT2D eigenvalue weighted by Gasteiger charge is -2.34. The number of benzene rings is 2. The number of carbonyl (C=O) groups excluding carboxylic acids is 1. The predicted octanol–water partition coefficient (Wildman–Crippen LogP) is 3.63. The fourth-order valence-corrected chi connectivity index (χ4v) is 3.43. The van der Waals surface area contributed by atoms with Crippen LogP contribution in [0.5, 0.6) is 0 Å². The molecule has 0 saturated carbocycles. The van der Waals surface area contributed by atoms with Crippen molar-refractivity contribution < 1.29 is 9.53 Å². The molecule has 0 unspecified atom stereocenters. The Morgan fingerprint density at radius 1 is 1.04 bits per heavy atom. The minimum absolute atomic E-state index is 0.0250. The maximum Gasteiger partial charge on any atom is 0.321 e. The number of carbonyl (C=O) groups is 1. The molecule has 0 aromatic heterocycles. The molecule has 0 aliphatic carbocycles. The first-order chi connectivity index (χ1) is 11.6. The van der Waals surface area contributed by atoms with Crippen molar-refractivity contribution in [3.05, 3.63) is 71.8 Å². The zero-order chi connectivity index (χ0) is 17.0. The third-order valence-electron chi connectivity index (χ3n) is 4.97. The van der Waals surface area contributed by atoms with E-state index in [2.05, 4.69) is 11.9 Å². The van der Waals surface area contributed by atoms with Crippen LogP contribution in [0.4, 0.5) is 0 Å². The summed E-state index contributed by atoms with van der Waals surface area (Å²) in [7, 11) is 2.08. The second-order valence-corrected chi connectivity index (χ2v) is 6.79. The number of likely N-dealkylation sites (N-methyl/N-ethyl adjacent to an activating group) is 1. The number of nitrogens with zero attached hydrogens (tertiary/aromatic N) is 1. The molecule has 3 heteroatoms. The third kappa shape index (κ3) is 3.36. The van der Waals surface area contributed by atoms with Crippen LogP contribution in [0.15, 0.2) is 60.7 Å². The first-order valence-electron chi connectivity index (χ1n) is 8.61. The number of esters is 1. The van der Waals surface area contributed by atoms with E-state index in [0.717, 1.165) is 37.1 Å². The van der Waals surface area contributed by atoms with Crippen LogP contribution >= 0.6 is 0 Å². The van der Waals surface area contributed by atoms with Crippen molar-refractivity contribution in [2.24, 2.45) is 0 Å². The molecule has 0 spiro atoms. The van der Waals surface area contributed by atoms with Gasteiger partial charge in [-0.3, -0.25) is 4.79 Å². The Kier molecular flexibility index (Phi) is 5.00. The van der Waals surface area contributed by atoms with Crippen molar-refractivity contribution in [3.8, 4) is 0 Å². The lowest BCUT2D eigenvalue weighted by molar-refractivity contribution is -0.156. The Morgan fingerprint density at radius 2 is 1.58 bits per heavy atom. The van der Waals surface area contributed by atoms with Crippen LogP contribution in [0.3, 0.4) is 0 Å². The van der Waals surface area contributed by atoms with Gasteiger partial charge in [-0.25, -0.2) is 0 Å². The molecule has 0 bridgehead atoms. The molecule has 2 aromatic rings. The van der Waals surface area contributed by atoms with Gasteiger partial charge >= 0.3 is 5.97 Å². The maximum absolute atomic E-state index is 13.2. The van der Waals surface area contributed by atoms with Gasteiger partial charge in [0.1, 0.15) is 11.5 Å². The maximum atomic E-state index is 13.2. The van der Waals surface area contributed by atoms with E-state index >= 15 is 0 Å². The van der Waals surface area contributed by atoms with E-state index in [1.165, 1.54) is 0 Å². The van der Waals surface area contributed by atoms with Gasteiger partial charge in [0.2, 0.25) is 0 Å². The quantitative estimate of drug-likeness (QED) is 0.805. The fraction of sp³-hybridized carbons (Fsp3) is 0.381. The highest BCUT2D eigenvalue weighted by Crippen LogP contribution is 2.34. The van der Waals surface area contributed by atoms with Crippen LogP contribution in [-0.2, 0) is 14.9 Å². The van der Waals surface area contributed by atoms with E-state index in [9.17, 15) is 4.79 Å². The molecular weight excluding hydrogens is 298 g/mol. The van der Waals surface area contributed by atoms with E-state index in [1.807, 2.05) is 67.6 Å². The molecule has 0 N–H and O–H groups in total. The average Bonchev–Trinajstić information content (AvgIpc) is 2.62. The van der Waals surface area contributed by atoms with E-state index in [-0.39, 0.29) is 12.1 Å². The molecule has 3 nitrogen and oxygen atoms in total. The molecule has 1 saturated heterocycles. The number of hydrogen-bond acceptors (Lipinski definition) is 3.